The summed E-state index contributed by atoms with van der Waals surface area (Å²) in [7, 11) is 1.32. The number of hydrogen-bond acceptors (Lipinski definition) is 8. The van der Waals surface area contributed by atoms with Crippen LogP contribution >= 0.6 is 0 Å². The highest BCUT2D eigenvalue weighted by Crippen LogP contribution is 2.14. The molecule has 0 radical (unpaired) electrons. The standard InChI is InChI=1S/C6H14O5.3C4H6O2/c1-10-11-5-6(2-7,3-8)4-9;3*1-3(2)4(5)6/h7-9H,2-5H2,1H3;3*1H2,2H3,(H,5,6). The molecule has 0 aromatic carbocycles. The summed E-state index contributed by atoms with van der Waals surface area (Å²) < 4.78 is 0. The van der Waals surface area contributed by atoms with E-state index in [4.69, 9.17) is 30.6 Å². The molecular formula is C18H32O11. The summed E-state index contributed by atoms with van der Waals surface area (Å²) >= 11 is 0. The number of aliphatic hydroxyl groups is 3. The molecule has 0 unspecified atom stereocenters. The van der Waals surface area contributed by atoms with Crippen LogP contribution < -0.4 is 0 Å². The molecule has 0 atom stereocenters. The van der Waals surface area contributed by atoms with E-state index in [1.807, 2.05) is 0 Å². The van der Waals surface area contributed by atoms with Gasteiger partial charge in [0.15, 0.2) is 0 Å². The minimum absolute atomic E-state index is 0.0347. The molecule has 0 fully saturated rings. The van der Waals surface area contributed by atoms with Crippen LogP contribution in [0.1, 0.15) is 20.8 Å². The van der Waals surface area contributed by atoms with Crippen LogP contribution in [0.25, 0.3) is 0 Å². The molecule has 0 aromatic heterocycles. The monoisotopic (exact) mass is 424 g/mol. The number of carboxylic acid groups (broad SMARTS) is 3. The maximum Gasteiger partial charge on any atom is 0.330 e. The first kappa shape index (κ1) is 34.0. The molecule has 0 aliphatic rings. The van der Waals surface area contributed by atoms with Gasteiger partial charge in [-0.3, -0.25) is 0 Å². The highest BCUT2D eigenvalue weighted by Gasteiger charge is 2.28. The van der Waals surface area contributed by atoms with E-state index in [0.29, 0.717) is 0 Å². The number of aliphatic carboxylic acids is 3. The van der Waals surface area contributed by atoms with Gasteiger partial charge in [-0.2, -0.15) is 0 Å². The molecule has 0 saturated heterocycles. The van der Waals surface area contributed by atoms with Crippen molar-refractivity contribution in [3.63, 3.8) is 0 Å². The molecule has 6 N–H and O–H groups in total. The van der Waals surface area contributed by atoms with Crippen molar-refractivity contribution in [1.29, 1.82) is 0 Å². The predicted molar refractivity (Wildman–Crippen MR) is 104 cm³/mol. The Kier molecular flexibility index (Phi) is 23.6. The van der Waals surface area contributed by atoms with Crippen molar-refractivity contribution >= 4 is 17.9 Å². The molecule has 0 heterocycles. The molecule has 11 heteroatoms. The van der Waals surface area contributed by atoms with E-state index in [2.05, 4.69) is 29.5 Å². The lowest BCUT2D eigenvalue weighted by Gasteiger charge is -2.25. The lowest BCUT2D eigenvalue weighted by atomic mass is 9.93. The SMILES string of the molecule is C=C(C)C(=O)O.C=C(C)C(=O)O.C=C(C)C(=O)O.COOCC(CO)(CO)CO. The zero-order valence-corrected chi connectivity index (χ0v) is 17.2. The summed E-state index contributed by atoms with van der Waals surface area (Å²) in [5.74, 6) is -2.81. The summed E-state index contributed by atoms with van der Waals surface area (Å²) in [6.45, 7) is 12.7. The third-order valence-corrected chi connectivity index (χ3v) is 2.58. The first-order valence-electron chi connectivity index (χ1n) is 7.82. The molecular weight excluding hydrogens is 392 g/mol. The van der Waals surface area contributed by atoms with Crippen LogP contribution in [0, 0.1) is 5.41 Å². The molecule has 0 bridgehead atoms. The van der Waals surface area contributed by atoms with E-state index in [0.717, 1.165) is 0 Å². The second-order valence-electron chi connectivity index (χ2n) is 5.66. The van der Waals surface area contributed by atoms with E-state index >= 15 is 0 Å². The van der Waals surface area contributed by atoms with E-state index in [1.165, 1.54) is 27.9 Å². The smallest absolute Gasteiger partial charge is 0.330 e. The second-order valence-corrected chi connectivity index (χ2v) is 5.66. The van der Waals surface area contributed by atoms with Gasteiger partial charge in [-0.1, -0.05) is 19.7 Å². The predicted octanol–water partition coefficient (Wildman–Crippen LogP) is 0.469. The average Bonchev–Trinajstić information content (AvgIpc) is 2.64. The molecule has 0 aliphatic heterocycles. The minimum atomic E-state index is -1.00. The van der Waals surface area contributed by atoms with E-state index in [9.17, 15) is 14.4 Å². The van der Waals surface area contributed by atoms with Crippen molar-refractivity contribution in [3.05, 3.63) is 36.5 Å². The number of carboxylic acids is 3. The quantitative estimate of drug-likeness (QED) is 0.171. The first-order valence-corrected chi connectivity index (χ1v) is 7.82. The number of rotatable bonds is 9. The van der Waals surface area contributed by atoms with Crippen LogP contribution in [-0.4, -0.2) is 82.1 Å². The Bertz CT molecular complexity index is 433. The van der Waals surface area contributed by atoms with Crippen LogP contribution in [0.4, 0.5) is 0 Å². The normalized spacial score (nSPS) is 9.21. The fourth-order valence-electron chi connectivity index (χ4n) is 0.471. The molecule has 0 rings (SSSR count). The van der Waals surface area contributed by atoms with E-state index in [-0.39, 0.29) is 43.1 Å². The minimum Gasteiger partial charge on any atom is -0.478 e. The Morgan fingerprint density at radius 2 is 0.931 bits per heavy atom. The van der Waals surface area contributed by atoms with Crippen LogP contribution in [0.2, 0.25) is 0 Å². The van der Waals surface area contributed by atoms with Gasteiger partial charge >= 0.3 is 17.9 Å². The van der Waals surface area contributed by atoms with Gasteiger partial charge in [0, 0.05) is 16.7 Å². The van der Waals surface area contributed by atoms with Crippen molar-refractivity contribution in [1.82, 2.24) is 0 Å². The highest BCUT2D eigenvalue weighted by atomic mass is 17.2. The molecule has 0 aromatic rings. The van der Waals surface area contributed by atoms with Gasteiger partial charge in [-0.05, 0) is 20.8 Å². The maximum absolute atomic E-state index is 9.60. The van der Waals surface area contributed by atoms with Gasteiger partial charge in [0.25, 0.3) is 0 Å². The first-order chi connectivity index (χ1) is 13.2. The Labute approximate surface area is 169 Å². The van der Waals surface area contributed by atoms with Gasteiger partial charge in [0.1, 0.15) is 0 Å². The van der Waals surface area contributed by atoms with Gasteiger partial charge in [-0.25, -0.2) is 24.2 Å². The molecule has 0 amide bonds. The van der Waals surface area contributed by atoms with E-state index in [1.54, 1.807) is 0 Å². The number of aliphatic hydroxyl groups excluding tert-OH is 3. The summed E-state index contributed by atoms with van der Waals surface area (Å²) in [4.78, 5) is 37.6. The highest BCUT2D eigenvalue weighted by molar-refractivity contribution is 5.85. The zero-order chi connectivity index (χ0) is 24.2. The topological polar surface area (TPSA) is 191 Å². The van der Waals surface area contributed by atoms with Crippen molar-refractivity contribution in [2.75, 3.05) is 33.5 Å². The van der Waals surface area contributed by atoms with Crippen LogP contribution in [-0.2, 0) is 24.2 Å². The molecule has 11 nitrogen and oxygen atoms in total. The Balaban J connectivity index is -0.000000151. The third kappa shape index (κ3) is 25.4. The van der Waals surface area contributed by atoms with Gasteiger partial charge in [0.2, 0.25) is 0 Å². The lowest BCUT2D eigenvalue weighted by Crippen LogP contribution is -2.38. The van der Waals surface area contributed by atoms with Crippen molar-refractivity contribution in [2.24, 2.45) is 5.41 Å². The van der Waals surface area contributed by atoms with Crippen LogP contribution in [0.5, 0.6) is 0 Å². The van der Waals surface area contributed by atoms with Gasteiger partial charge in [-0.15, -0.1) is 0 Å². The molecule has 29 heavy (non-hydrogen) atoms. The summed E-state index contributed by atoms with van der Waals surface area (Å²) in [5, 5.41) is 49.9. The third-order valence-electron chi connectivity index (χ3n) is 2.58. The largest absolute Gasteiger partial charge is 0.478 e. The number of hydrogen-bond donors (Lipinski definition) is 6. The van der Waals surface area contributed by atoms with Crippen LogP contribution in [0.3, 0.4) is 0 Å². The average molecular weight is 424 g/mol. The summed E-state index contributed by atoms with van der Waals surface area (Å²) in [6, 6.07) is 0. The second kappa shape index (κ2) is 20.2. The Hall–Kier alpha value is -2.57. The van der Waals surface area contributed by atoms with Gasteiger partial charge in [0.05, 0.1) is 39.0 Å². The molecule has 0 aliphatic carbocycles. The fraction of sp³-hybridized carbons (Fsp3) is 0.500. The van der Waals surface area contributed by atoms with E-state index < -0.39 is 23.3 Å². The lowest BCUT2D eigenvalue weighted by molar-refractivity contribution is -0.297. The maximum atomic E-state index is 9.60. The van der Waals surface area contributed by atoms with Crippen molar-refractivity contribution in [2.45, 2.75) is 20.8 Å². The molecule has 0 spiro atoms. The summed E-state index contributed by atoms with van der Waals surface area (Å²) in [6.07, 6.45) is 0. The molecule has 170 valence electrons. The Morgan fingerprint density at radius 1 is 0.724 bits per heavy atom. The molecule has 0 saturated carbocycles. The number of carbonyl (C=O) groups is 3. The summed E-state index contributed by atoms with van der Waals surface area (Å²) in [5.41, 5.74) is -0.476. The van der Waals surface area contributed by atoms with Crippen molar-refractivity contribution < 1.29 is 54.8 Å². The fourth-order valence-corrected chi connectivity index (χ4v) is 0.471. The van der Waals surface area contributed by atoms with Gasteiger partial charge < -0.3 is 30.6 Å². The zero-order valence-electron chi connectivity index (χ0n) is 17.2. The Morgan fingerprint density at radius 3 is 1.03 bits per heavy atom. The van der Waals surface area contributed by atoms with Crippen molar-refractivity contribution in [3.8, 4) is 0 Å². The van der Waals surface area contributed by atoms with Crippen LogP contribution in [0.15, 0.2) is 36.5 Å².